The zero-order valence-electron chi connectivity index (χ0n) is 13.7. The molecular formula is C18H22N2O4. The highest BCUT2D eigenvalue weighted by atomic mass is 16.5. The lowest BCUT2D eigenvalue weighted by Crippen LogP contribution is -2.24. The number of benzene rings is 1. The van der Waals surface area contributed by atoms with Gasteiger partial charge in [-0.05, 0) is 43.9 Å². The first kappa shape index (κ1) is 17.7. The number of carbonyl (C=O) groups excluding carboxylic acids is 3. The van der Waals surface area contributed by atoms with Crippen LogP contribution in [0.2, 0.25) is 0 Å². The first-order chi connectivity index (χ1) is 11.6. The third kappa shape index (κ3) is 5.53. The van der Waals surface area contributed by atoms with E-state index in [4.69, 9.17) is 4.74 Å². The Balaban J connectivity index is 1.79. The van der Waals surface area contributed by atoms with E-state index in [1.165, 1.54) is 0 Å². The van der Waals surface area contributed by atoms with Crippen LogP contribution in [0.25, 0.3) is 0 Å². The normalized spacial score (nSPS) is 15.8. The fourth-order valence-corrected chi connectivity index (χ4v) is 2.48. The van der Waals surface area contributed by atoms with Gasteiger partial charge in [0.05, 0.1) is 6.42 Å². The number of hydrogen-bond donors (Lipinski definition) is 2. The Morgan fingerprint density at radius 3 is 2.83 bits per heavy atom. The van der Waals surface area contributed by atoms with E-state index in [0.717, 1.165) is 12.8 Å². The molecule has 2 rings (SSSR count). The van der Waals surface area contributed by atoms with Gasteiger partial charge >= 0.3 is 5.97 Å². The van der Waals surface area contributed by atoms with Gasteiger partial charge in [0.1, 0.15) is 0 Å². The van der Waals surface area contributed by atoms with Gasteiger partial charge in [-0.3, -0.25) is 14.4 Å². The molecule has 6 nitrogen and oxygen atoms in total. The van der Waals surface area contributed by atoms with Crippen molar-refractivity contribution in [3.8, 4) is 0 Å². The molecule has 0 spiro atoms. The molecule has 1 atom stereocenters. The molecule has 1 aliphatic rings. The molecule has 0 radical (unpaired) electrons. The first-order valence-electron chi connectivity index (χ1n) is 8.09. The minimum atomic E-state index is -0.432. The fraction of sp³-hybridized carbons (Fsp3) is 0.389. The smallest absolute Gasteiger partial charge is 0.306 e. The lowest BCUT2D eigenvalue weighted by Gasteiger charge is -2.09. The molecule has 0 unspecified atom stereocenters. The van der Waals surface area contributed by atoms with E-state index in [1.54, 1.807) is 24.3 Å². The maximum Gasteiger partial charge on any atom is 0.306 e. The van der Waals surface area contributed by atoms with Gasteiger partial charge in [0, 0.05) is 17.8 Å². The number of ether oxygens (including phenoxy) is 1. The van der Waals surface area contributed by atoms with Gasteiger partial charge < -0.3 is 15.4 Å². The zero-order valence-corrected chi connectivity index (χ0v) is 13.7. The molecule has 1 aromatic rings. The number of hydrogen-bond acceptors (Lipinski definition) is 4. The molecule has 0 saturated carbocycles. The number of rotatable bonds is 7. The van der Waals surface area contributed by atoms with Crippen LogP contribution in [0.15, 0.2) is 36.4 Å². The van der Waals surface area contributed by atoms with Crippen molar-refractivity contribution in [1.82, 2.24) is 5.32 Å². The van der Waals surface area contributed by atoms with E-state index in [2.05, 4.69) is 10.6 Å². The summed E-state index contributed by atoms with van der Waals surface area (Å²) in [6.45, 7) is 2.03. The number of nitrogens with one attached hydrogen (secondary N) is 2. The Morgan fingerprint density at radius 1 is 1.29 bits per heavy atom. The quantitative estimate of drug-likeness (QED) is 0.593. The highest BCUT2D eigenvalue weighted by Gasteiger charge is 2.16. The second-order valence-electron chi connectivity index (χ2n) is 5.62. The van der Waals surface area contributed by atoms with E-state index in [0.29, 0.717) is 24.2 Å². The predicted octanol–water partition coefficient (Wildman–Crippen LogP) is 2.27. The molecule has 128 valence electrons. The number of allylic oxidation sites excluding steroid dienone is 2. The van der Waals surface area contributed by atoms with Gasteiger partial charge in [0.25, 0.3) is 11.8 Å². The monoisotopic (exact) mass is 330 g/mol. The van der Waals surface area contributed by atoms with E-state index in [1.807, 2.05) is 19.1 Å². The third-order valence-corrected chi connectivity index (χ3v) is 3.65. The molecule has 0 aromatic heterocycles. The largest absolute Gasteiger partial charge is 0.456 e. The molecule has 0 fully saturated rings. The topological polar surface area (TPSA) is 84.5 Å². The van der Waals surface area contributed by atoms with Gasteiger partial charge in [-0.25, -0.2) is 0 Å². The second-order valence-corrected chi connectivity index (χ2v) is 5.62. The van der Waals surface area contributed by atoms with Crippen LogP contribution in [0.1, 0.15) is 36.5 Å². The number of amides is 2. The van der Waals surface area contributed by atoms with Crippen LogP contribution in [0.5, 0.6) is 0 Å². The summed E-state index contributed by atoms with van der Waals surface area (Å²) in [4.78, 5) is 35.3. The Labute approximate surface area is 141 Å². The van der Waals surface area contributed by atoms with Crippen LogP contribution in [-0.4, -0.2) is 30.9 Å². The van der Waals surface area contributed by atoms with Crippen molar-refractivity contribution >= 4 is 23.5 Å². The predicted molar refractivity (Wildman–Crippen MR) is 90.5 cm³/mol. The number of carbonyl (C=O) groups is 3. The van der Waals surface area contributed by atoms with Crippen LogP contribution in [-0.2, 0) is 14.3 Å². The highest BCUT2D eigenvalue weighted by Crippen LogP contribution is 2.20. The van der Waals surface area contributed by atoms with Gasteiger partial charge in [-0.15, -0.1) is 0 Å². The lowest BCUT2D eigenvalue weighted by molar-refractivity contribution is -0.147. The van der Waals surface area contributed by atoms with Gasteiger partial charge in [-0.2, -0.15) is 0 Å². The summed E-state index contributed by atoms with van der Waals surface area (Å²) in [5.41, 5.74) is 0.943. The Kier molecular flexibility index (Phi) is 6.54. The maximum atomic E-state index is 11.9. The number of anilines is 1. The van der Waals surface area contributed by atoms with Crippen molar-refractivity contribution in [1.29, 1.82) is 0 Å². The van der Waals surface area contributed by atoms with Crippen molar-refractivity contribution in [3.63, 3.8) is 0 Å². The average molecular weight is 330 g/mol. The van der Waals surface area contributed by atoms with Crippen molar-refractivity contribution in [2.24, 2.45) is 5.92 Å². The fourth-order valence-electron chi connectivity index (χ4n) is 2.48. The van der Waals surface area contributed by atoms with Crippen molar-refractivity contribution in [3.05, 3.63) is 42.0 Å². The summed E-state index contributed by atoms with van der Waals surface area (Å²) >= 11 is 0. The standard InChI is InChI=1S/C18H22N2O4/c1-2-19-18(23)14-8-5-9-15(11-14)20-16(21)12-24-17(22)10-13-6-3-4-7-13/h3,5-6,8-9,11,13H,2,4,7,10,12H2,1H3,(H,19,23)(H,20,21)/t13-/m0/s1. The SMILES string of the molecule is CCNC(=O)c1cccc(NC(=O)COC(=O)C[C@H]2C=CCC2)c1. The molecule has 6 heteroatoms. The molecule has 0 bridgehead atoms. The van der Waals surface area contributed by atoms with Crippen LogP contribution >= 0.6 is 0 Å². The summed E-state index contributed by atoms with van der Waals surface area (Å²) in [5, 5.41) is 5.31. The summed E-state index contributed by atoms with van der Waals surface area (Å²) in [7, 11) is 0. The minimum Gasteiger partial charge on any atom is -0.456 e. The molecular weight excluding hydrogens is 308 g/mol. The summed E-state index contributed by atoms with van der Waals surface area (Å²) < 4.78 is 4.99. The molecule has 2 amide bonds. The Morgan fingerprint density at radius 2 is 2.12 bits per heavy atom. The second kappa shape index (κ2) is 8.86. The number of esters is 1. The molecule has 1 aromatic carbocycles. The molecule has 0 aliphatic heterocycles. The molecule has 0 heterocycles. The van der Waals surface area contributed by atoms with Crippen molar-refractivity contribution in [2.45, 2.75) is 26.2 Å². The molecule has 24 heavy (non-hydrogen) atoms. The summed E-state index contributed by atoms with van der Waals surface area (Å²) in [5.74, 6) is -0.796. The third-order valence-electron chi connectivity index (χ3n) is 3.65. The van der Waals surface area contributed by atoms with Gasteiger partial charge in [0.15, 0.2) is 6.61 Å². The van der Waals surface area contributed by atoms with Crippen molar-refractivity contribution in [2.75, 3.05) is 18.5 Å². The van der Waals surface area contributed by atoms with Crippen LogP contribution < -0.4 is 10.6 Å². The highest BCUT2D eigenvalue weighted by molar-refractivity contribution is 5.97. The minimum absolute atomic E-state index is 0.204. The van der Waals surface area contributed by atoms with E-state index >= 15 is 0 Å². The average Bonchev–Trinajstić information content (AvgIpc) is 3.06. The zero-order chi connectivity index (χ0) is 17.4. The van der Waals surface area contributed by atoms with E-state index in [9.17, 15) is 14.4 Å². The molecule has 0 saturated heterocycles. The first-order valence-corrected chi connectivity index (χ1v) is 8.09. The Bertz CT molecular complexity index is 640. The van der Waals surface area contributed by atoms with E-state index in [-0.39, 0.29) is 24.4 Å². The van der Waals surface area contributed by atoms with Gasteiger partial charge in [0.2, 0.25) is 0 Å². The molecule has 1 aliphatic carbocycles. The Hall–Kier alpha value is -2.63. The molecule has 2 N–H and O–H groups in total. The van der Waals surface area contributed by atoms with Crippen LogP contribution in [0.4, 0.5) is 5.69 Å². The van der Waals surface area contributed by atoms with Crippen molar-refractivity contribution < 1.29 is 19.1 Å². The summed E-state index contributed by atoms with van der Waals surface area (Å²) in [6, 6.07) is 6.59. The van der Waals surface area contributed by atoms with E-state index < -0.39 is 5.91 Å². The maximum absolute atomic E-state index is 11.9. The van der Waals surface area contributed by atoms with Crippen LogP contribution in [0.3, 0.4) is 0 Å². The van der Waals surface area contributed by atoms with Gasteiger partial charge in [-0.1, -0.05) is 18.2 Å². The lowest BCUT2D eigenvalue weighted by atomic mass is 10.1. The van der Waals surface area contributed by atoms with Crippen LogP contribution in [0, 0.1) is 5.92 Å². The summed E-state index contributed by atoms with van der Waals surface area (Å²) in [6.07, 6.45) is 6.30.